The first-order valence-electron chi connectivity index (χ1n) is 31.5. The van der Waals surface area contributed by atoms with Crippen molar-refractivity contribution in [1.82, 2.24) is 63.5 Å². The van der Waals surface area contributed by atoms with Crippen LogP contribution in [0, 0.1) is 5.92 Å². The molecule has 35 heteroatoms. The monoisotopic (exact) mass is 1420 g/mol. The SMILES string of the molecule is CC(=O)O.CC(C)[C@H](NC(=O)[C@@H]1CSSCC(NC(=O)[C@H](CC(=O)O)NC(=O)[C@H](C)NC(=O)[C@@H](NC(=O)CNC(=O)[C@H](C)N)[C@@H](C)O)C(=O)N[C@@H](Cc2ccccc2)C(=O)N[C@@H](Cc2c[nH]c3ccccc23)C(=O)NC(CCCCN)C(=O)NC(Cc2ccc(O)cc2)C(=O)N1)C(=O)O. The highest BCUT2D eigenvalue weighted by Gasteiger charge is 2.38. The zero-order valence-corrected chi connectivity index (χ0v) is 56.9. The summed E-state index contributed by atoms with van der Waals surface area (Å²) in [7, 11) is 1.64. The first-order chi connectivity index (χ1) is 46.8. The normalized spacial score (nSPS) is 19.8. The van der Waals surface area contributed by atoms with E-state index in [1.54, 1.807) is 60.8 Å². The number of rotatable bonds is 27. The molecule has 1 aromatic heterocycles. The van der Waals surface area contributed by atoms with E-state index in [-0.39, 0.29) is 44.4 Å². The largest absolute Gasteiger partial charge is 0.508 e. The number of nitrogens with one attached hydrogen (secondary N) is 12. The van der Waals surface area contributed by atoms with Crippen molar-refractivity contribution < 1.29 is 92.7 Å². The molecule has 12 atom stereocenters. The standard InChI is InChI=1S/C62H84N14O17S2.C2H4O2/c1-31(2)50(62(92)93)76-60(90)47-30-95-94-29-46(73-58(88)45(26-49(80)81)69-53(83)33(4)67-61(91)51(34(5)77)75-48(79)28-66-52(82)32(3)64)59(89)71-42(23-35-13-7-6-8-14-35)55(85)72-44(25-37-27-65-40-16-10-9-15-39(37)40)57(87)68-41(17-11-12-22-63)54(84)70-43(56(86)74-47)24-36-18-20-38(78)21-19-36;1-2(3)4/h6-10,13-16,18-21,27,31-34,41-47,50-51,65,77-78H,11-12,17,22-26,28-30,63-64H2,1-5H3,(H,66,82)(H,67,91)(H,68,87)(H,69,83)(H,70,84)(H,71,89)(H,72,85)(H,73,88)(H,74,86)(H,75,79)(H,76,90)(H,80,81)(H,92,93);1H3,(H,3,4)/t32-,33-,34+,41?,42-,43?,44-,45-,46?,47-,50-,51-;/m0./s1. The summed E-state index contributed by atoms with van der Waals surface area (Å²) in [6.45, 7) is 7.33. The number of H-pyrrole nitrogens is 1. The minimum absolute atomic E-state index is 0.0434. The molecule has 21 N–H and O–H groups in total. The predicted molar refractivity (Wildman–Crippen MR) is 363 cm³/mol. The molecular weight excluding hydrogens is 1330 g/mol. The van der Waals surface area contributed by atoms with Gasteiger partial charge in [-0.15, -0.1) is 0 Å². The van der Waals surface area contributed by atoms with Crippen LogP contribution in [-0.2, 0) is 86.4 Å². The zero-order chi connectivity index (χ0) is 73.6. The van der Waals surface area contributed by atoms with Gasteiger partial charge in [0.15, 0.2) is 0 Å². The van der Waals surface area contributed by atoms with Gasteiger partial charge in [-0.2, -0.15) is 0 Å². The molecule has 1 fully saturated rings. The molecule has 1 saturated heterocycles. The number of aromatic amines is 1. The molecule has 0 spiro atoms. The Morgan fingerprint density at radius 1 is 0.606 bits per heavy atom. The lowest BCUT2D eigenvalue weighted by atomic mass is 10.0. The lowest BCUT2D eigenvalue weighted by molar-refractivity contribution is -0.143. The summed E-state index contributed by atoms with van der Waals surface area (Å²) in [5.74, 6) is -16.5. The highest BCUT2D eigenvalue weighted by atomic mass is 33.1. The minimum atomic E-state index is -2.01. The van der Waals surface area contributed by atoms with Crippen LogP contribution in [0.1, 0.15) is 83.9 Å². The van der Waals surface area contributed by atoms with Crippen LogP contribution in [0.3, 0.4) is 0 Å². The van der Waals surface area contributed by atoms with E-state index in [4.69, 9.17) is 21.4 Å². The highest BCUT2D eigenvalue weighted by Crippen LogP contribution is 2.25. The van der Waals surface area contributed by atoms with E-state index in [0.717, 1.165) is 42.4 Å². The molecule has 540 valence electrons. The van der Waals surface area contributed by atoms with Crippen molar-refractivity contribution >= 4 is 115 Å². The van der Waals surface area contributed by atoms with Gasteiger partial charge in [-0.1, -0.05) is 96.1 Å². The molecule has 2 heterocycles. The van der Waals surface area contributed by atoms with Crippen LogP contribution < -0.4 is 70.0 Å². The van der Waals surface area contributed by atoms with Crippen molar-refractivity contribution in [2.45, 2.75) is 159 Å². The van der Waals surface area contributed by atoms with Gasteiger partial charge >= 0.3 is 11.9 Å². The molecule has 33 nitrogen and oxygen atoms in total. The van der Waals surface area contributed by atoms with Crippen molar-refractivity contribution in [3.8, 4) is 5.75 Å². The molecule has 99 heavy (non-hydrogen) atoms. The van der Waals surface area contributed by atoms with Crippen LogP contribution in [0.4, 0.5) is 0 Å². The second-order valence-electron chi connectivity index (χ2n) is 23.6. The molecule has 1 aliphatic rings. The number of aliphatic hydroxyl groups is 1. The molecular formula is C64H88N14O19S2. The zero-order valence-electron chi connectivity index (χ0n) is 55.3. The van der Waals surface area contributed by atoms with Crippen molar-refractivity contribution in [2.75, 3.05) is 24.6 Å². The molecule has 11 amide bonds. The number of unbranched alkanes of at least 4 members (excludes halogenated alkanes) is 1. The maximum absolute atomic E-state index is 15.1. The Morgan fingerprint density at radius 3 is 1.73 bits per heavy atom. The number of hydrogen-bond donors (Lipinski definition) is 19. The van der Waals surface area contributed by atoms with E-state index >= 15 is 14.4 Å². The Hall–Kier alpha value is -9.84. The van der Waals surface area contributed by atoms with E-state index in [2.05, 4.69) is 63.5 Å². The van der Waals surface area contributed by atoms with Gasteiger partial charge in [0, 0.05) is 54.8 Å². The number of amides is 11. The van der Waals surface area contributed by atoms with Crippen LogP contribution >= 0.6 is 21.6 Å². The Labute approximate surface area is 577 Å². The Kier molecular flexibility index (Phi) is 33.6. The molecule has 5 rings (SSSR count). The third-order valence-electron chi connectivity index (χ3n) is 15.0. The molecule has 0 saturated carbocycles. The Balaban J connectivity index is 0.00000506. The molecule has 1 aliphatic heterocycles. The topological polar surface area (TPSA) is 540 Å². The quantitative estimate of drug-likeness (QED) is 0.0216. The number of para-hydroxylation sites is 1. The average Bonchev–Trinajstić information content (AvgIpc) is 1.43. The van der Waals surface area contributed by atoms with Gasteiger partial charge in [0.25, 0.3) is 5.97 Å². The number of aliphatic hydroxyl groups excluding tert-OH is 1. The van der Waals surface area contributed by atoms with Crippen LogP contribution in [0.25, 0.3) is 10.9 Å². The number of phenolic OH excluding ortho intramolecular Hbond substituents is 1. The Bertz CT molecular complexity index is 3470. The Morgan fingerprint density at radius 2 is 1.15 bits per heavy atom. The smallest absolute Gasteiger partial charge is 0.326 e. The maximum atomic E-state index is 15.1. The van der Waals surface area contributed by atoms with E-state index < -0.39 is 186 Å². The summed E-state index contributed by atoms with van der Waals surface area (Å²) in [5, 5.41) is 76.2. The maximum Gasteiger partial charge on any atom is 0.326 e. The lowest BCUT2D eigenvalue weighted by Crippen LogP contribution is -2.62. The summed E-state index contributed by atoms with van der Waals surface area (Å²) >= 11 is 0. The number of carboxylic acids is 3. The molecule has 3 aromatic carbocycles. The van der Waals surface area contributed by atoms with Crippen molar-refractivity contribution in [2.24, 2.45) is 17.4 Å². The van der Waals surface area contributed by atoms with Crippen molar-refractivity contribution in [3.05, 3.63) is 102 Å². The summed E-state index contributed by atoms with van der Waals surface area (Å²) in [6.07, 6.45) is -1.17. The number of benzene rings is 3. The van der Waals surface area contributed by atoms with Crippen LogP contribution in [0.2, 0.25) is 0 Å². The van der Waals surface area contributed by atoms with Gasteiger partial charge in [-0.05, 0) is 87.4 Å². The second-order valence-corrected chi connectivity index (χ2v) is 26.2. The van der Waals surface area contributed by atoms with E-state index in [0.29, 0.717) is 34.0 Å². The number of hydrogen-bond acceptors (Lipinski definition) is 20. The summed E-state index contributed by atoms with van der Waals surface area (Å²) in [6, 6.07) is 3.84. The molecule has 0 aliphatic carbocycles. The number of carbonyl (C=O) groups is 14. The fourth-order valence-corrected chi connectivity index (χ4v) is 12.0. The number of aliphatic carboxylic acids is 3. The van der Waals surface area contributed by atoms with Crippen molar-refractivity contribution in [1.29, 1.82) is 0 Å². The third-order valence-corrected chi connectivity index (χ3v) is 17.4. The summed E-state index contributed by atoms with van der Waals surface area (Å²) in [4.78, 5) is 192. The predicted octanol–water partition coefficient (Wildman–Crippen LogP) is -2.56. The number of nitrogens with two attached hydrogens (primary N) is 2. The fraction of sp³-hybridized carbons (Fsp3) is 0.469. The van der Waals surface area contributed by atoms with Gasteiger partial charge < -0.3 is 100 Å². The minimum Gasteiger partial charge on any atom is -0.508 e. The number of aromatic hydroxyl groups is 1. The number of fused-ring (bicyclic) bond motifs is 1. The van der Waals surface area contributed by atoms with E-state index in [1.807, 2.05) is 0 Å². The van der Waals surface area contributed by atoms with Gasteiger partial charge in [0.05, 0.1) is 25.1 Å². The number of aromatic nitrogens is 1. The van der Waals surface area contributed by atoms with Gasteiger partial charge in [-0.3, -0.25) is 62.3 Å². The van der Waals surface area contributed by atoms with Gasteiger partial charge in [-0.25, -0.2) is 4.79 Å². The first-order valence-corrected chi connectivity index (χ1v) is 34.0. The highest BCUT2D eigenvalue weighted by molar-refractivity contribution is 8.76. The van der Waals surface area contributed by atoms with E-state index in [1.165, 1.54) is 45.0 Å². The lowest BCUT2D eigenvalue weighted by Gasteiger charge is -2.29. The summed E-state index contributed by atoms with van der Waals surface area (Å²) in [5.41, 5.74) is 13.5. The first kappa shape index (κ1) is 81.6. The number of carboxylic acid groups (broad SMARTS) is 3. The molecule has 0 bridgehead atoms. The molecule has 4 aromatic rings. The molecule has 0 radical (unpaired) electrons. The fourth-order valence-electron chi connectivity index (χ4n) is 9.63. The number of carbonyl (C=O) groups excluding carboxylic acids is 11. The summed E-state index contributed by atoms with van der Waals surface area (Å²) < 4.78 is 0. The van der Waals surface area contributed by atoms with Crippen LogP contribution in [0.15, 0.2) is 85.1 Å². The number of phenols is 1. The van der Waals surface area contributed by atoms with Gasteiger partial charge in [0.1, 0.15) is 66.2 Å². The third kappa shape index (κ3) is 27.9. The van der Waals surface area contributed by atoms with Crippen LogP contribution in [-0.4, -0.2) is 211 Å². The average molecular weight is 1420 g/mol. The second kappa shape index (κ2) is 40.8. The van der Waals surface area contributed by atoms with E-state index in [9.17, 15) is 68.4 Å². The molecule has 3 unspecified atom stereocenters. The van der Waals surface area contributed by atoms with Crippen LogP contribution in [0.5, 0.6) is 5.75 Å². The van der Waals surface area contributed by atoms with Crippen molar-refractivity contribution in [3.63, 3.8) is 0 Å². The van der Waals surface area contributed by atoms with Gasteiger partial charge in [0.2, 0.25) is 65.0 Å².